The predicted molar refractivity (Wildman–Crippen MR) is 327 cm³/mol. The number of halogens is 1. The van der Waals surface area contributed by atoms with Crippen molar-refractivity contribution in [1.29, 1.82) is 0 Å². The van der Waals surface area contributed by atoms with Crippen molar-refractivity contribution in [3.8, 4) is 22.6 Å². The molecular weight excluding hydrogens is 1010 g/mol. The van der Waals surface area contributed by atoms with Crippen molar-refractivity contribution < 1.29 is 18.4 Å². The van der Waals surface area contributed by atoms with Crippen LogP contribution in [0.5, 0.6) is 0 Å². The molecule has 0 saturated heterocycles. The summed E-state index contributed by atoms with van der Waals surface area (Å²) in [5.41, 5.74) is 16.2. The maximum atomic E-state index is 11.2. The zero-order chi connectivity index (χ0) is 55.3. The normalized spacial score (nSPS) is 11.8. The molecule has 7 heteroatoms. The molecule has 0 bridgehead atoms. The molecule has 0 amide bonds. The SMILES string of the molecule is CC(C)(C)c1ccc(N(c2ccc(-c3cc4ccc(C=O)cc4o3)cc2)c2ccc(C(C)(C)C)cc2)cc1.CC(C)(C)c1ccc(Nc2ccc(C(C)(C)C)cc2)cc1.O=Cc1ccc2cc(-c3ccc(Br)cc3)oc2c1. The van der Waals surface area contributed by atoms with Crippen LogP contribution in [-0.2, 0) is 21.7 Å². The molecule has 0 atom stereocenters. The summed E-state index contributed by atoms with van der Waals surface area (Å²) < 4.78 is 12.9. The number of aldehydes is 2. The smallest absolute Gasteiger partial charge is 0.150 e. The first-order valence-corrected chi connectivity index (χ1v) is 27.1. The van der Waals surface area contributed by atoms with Crippen LogP contribution >= 0.6 is 15.9 Å². The molecule has 77 heavy (non-hydrogen) atoms. The molecule has 6 nitrogen and oxygen atoms in total. The molecule has 0 unspecified atom stereocenters. The van der Waals surface area contributed by atoms with Gasteiger partial charge >= 0.3 is 0 Å². The molecule has 0 radical (unpaired) electrons. The molecule has 10 rings (SSSR count). The fourth-order valence-electron chi connectivity index (χ4n) is 8.86. The van der Waals surface area contributed by atoms with Gasteiger partial charge in [0.2, 0.25) is 0 Å². The lowest BCUT2D eigenvalue weighted by Crippen LogP contribution is -2.14. The number of fused-ring (bicyclic) bond motifs is 2. The van der Waals surface area contributed by atoms with Crippen molar-refractivity contribution in [2.24, 2.45) is 0 Å². The molecule has 0 fully saturated rings. The van der Waals surface area contributed by atoms with Crippen LogP contribution < -0.4 is 10.2 Å². The lowest BCUT2D eigenvalue weighted by molar-refractivity contribution is 0.111. The first-order chi connectivity index (χ1) is 36.4. The Labute approximate surface area is 464 Å². The monoisotopic (exact) mass is 1080 g/mol. The van der Waals surface area contributed by atoms with Crippen molar-refractivity contribution in [1.82, 2.24) is 0 Å². The third kappa shape index (κ3) is 14.0. The summed E-state index contributed by atoms with van der Waals surface area (Å²) in [7, 11) is 0. The van der Waals surface area contributed by atoms with Gasteiger partial charge in [-0.2, -0.15) is 0 Å². The maximum absolute atomic E-state index is 11.2. The summed E-state index contributed by atoms with van der Waals surface area (Å²) in [6.07, 6.45) is 1.66. The molecule has 0 aliphatic heterocycles. The Hall–Kier alpha value is -7.74. The van der Waals surface area contributed by atoms with Gasteiger partial charge in [-0.25, -0.2) is 0 Å². The lowest BCUT2D eigenvalue weighted by Gasteiger charge is -2.28. The summed E-state index contributed by atoms with van der Waals surface area (Å²) >= 11 is 3.40. The average Bonchev–Trinajstić information content (AvgIpc) is 4.06. The third-order valence-corrected chi connectivity index (χ3v) is 14.2. The van der Waals surface area contributed by atoms with Gasteiger partial charge in [0, 0.05) is 65.9 Å². The molecule has 1 N–H and O–H groups in total. The highest BCUT2D eigenvalue weighted by Crippen LogP contribution is 2.39. The van der Waals surface area contributed by atoms with Gasteiger partial charge in [0.05, 0.1) is 0 Å². The number of carbonyl (C=O) groups is 2. The van der Waals surface area contributed by atoms with Crippen molar-refractivity contribution in [2.75, 3.05) is 10.2 Å². The minimum absolute atomic E-state index is 0.0957. The molecular formula is C70H71BrN2O4. The van der Waals surface area contributed by atoms with Crippen LogP contribution in [0.3, 0.4) is 0 Å². The average molecular weight is 1080 g/mol. The molecule has 2 heterocycles. The summed E-state index contributed by atoms with van der Waals surface area (Å²) in [6, 6.07) is 66.4. The van der Waals surface area contributed by atoms with Gasteiger partial charge in [-0.3, -0.25) is 9.59 Å². The Morgan fingerprint density at radius 3 is 0.987 bits per heavy atom. The molecule has 0 aliphatic rings. The van der Waals surface area contributed by atoms with E-state index in [0.717, 1.165) is 84.5 Å². The van der Waals surface area contributed by atoms with Crippen LogP contribution in [0.25, 0.3) is 44.6 Å². The van der Waals surface area contributed by atoms with E-state index >= 15 is 0 Å². The Kier molecular flexibility index (Phi) is 16.5. The molecule has 392 valence electrons. The van der Waals surface area contributed by atoms with Crippen LogP contribution in [0.15, 0.2) is 207 Å². The van der Waals surface area contributed by atoms with E-state index in [2.05, 4.69) is 231 Å². The van der Waals surface area contributed by atoms with Crippen LogP contribution in [0.2, 0.25) is 0 Å². The van der Waals surface area contributed by atoms with E-state index in [4.69, 9.17) is 8.83 Å². The first-order valence-electron chi connectivity index (χ1n) is 26.3. The highest BCUT2D eigenvalue weighted by Gasteiger charge is 2.20. The van der Waals surface area contributed by atoms with E-state index in [-0.39, 0.29) is 21.7 Å². The van der Waals surface area contributed by atoms with E-state index in [1.807, 2.05) is 54.6 Å². The summed E-state index contributed by atoms with van der Waals surface area (Å²) in [6.45, 7) is 26.8. The largest absolute Gasteiger partial charge is 0.456 e. The number of anilines is 5. The highest BCUT2D eigenvalue weighted by atomic mass is 79.9. The molecule has 2 aromatic heterocycles. The minimum atomic E-state index is 0.0957. The van der Waals surface area contributed by atoms with Crippen molar-refractivity contribution in [3.63, 3.8) is 0 Å². The Morgan fingerprint density at radius 1 is 0.377 bits per heavy atom. The first kappa shape index (κ1) is 55.5. The Morgan fingerprint density at radius 2 is 0.675 bits per heavy atom. The van der Waals surface area contributed by atoms with Crippen molar-refractivity contribution in [3.05, 3.63) is 232 Å². The lowest BCUT2D eigenvalue weighted by atomic mass is 9.86. The second-order valence-corrected chi connectivity index (χ2v) is 24.7. The van der Waals surface area contributed by atoms with Crippen LogP contribution in [0.4, 0.5) is 28.4 Å². The number of rotatable bonds is 9. The van der Waals surface area contributed by atoms with Gasteiger partial charge in [0.1, 0.15) is 35.3 Å². The van der Waals surface area contributed by atoms with Gasteiger partial charge in [-0.1, -0.05) is 184 Å². The fourth-order valence-corrected chi connectivity index (χ4v) is 9.12. The van der Waals surface area contributed by atoms with Crippen molar-refractivity contribution in [2.45, 2.75) is 105 Å². The number of hydrogen-bond donors (Lipinski definition) is 1. The number of nitrogens with one attached hydrogen (secondary N) is 1. The molecule has 8 aromatic carbocycles. The number of benzene rings is 8. The second kappa shape index (κ2) is 22.8. The Bertz CT molecular complexity index is 3470. The topological polar surface area (TPSA) is 75.7 Å². The molecule has 0 aliphatic carbocycles. The maximum Gasteiger partial charge on any atom is 0.150 e. The second-order valence-electron chi connectivity index (χ2n) is 23.8. The molecule has 10 aromatic rings. The minimum Gasteiger partial charge on any atom is -0.456 e. The quantitative estimate of drug-likeness (QED) is 0.145. The zero-order valence-electron chi connectivity index (χ0n) is 46.6. The molecule has 0 spiro atoms. The van der Waals surface area contributed by atoms with E-state index in [1.165, 1.54) is 22.3 Å². The Balaban J connectivity index is 0.000000169. The fraction of sp³-hybridized carbons (Fsp3) is 0.229. The van der Waals surface area contributed by atoms with E-state index in [0.29, 0.717) is 16.7 Å². The number of carbonyl (C=O) groups excluding carboxylic acids is 2. The highest BCUT2D eigenvalue weighted by molar-refractivity contribution is 9.10. The predicted octanol–water partition coefficient (Wildman–Crippen LogP) is 20.7. The summed E-state index contributed by atoms with van der Waals surface area (Å²) in [4.78, 5) is 24.2. The van der Waals surface area contributed by atoms with Gasteiger partial charge < -0.3 is 19.1 Å². The van der Waals surface area contributed by atoms with E-state index < -0.39 is 0 Å². The number of hydrogen-bond acceptors (Lipinski definition) is 6. The van der Waals surface area contributed by atoms with Gasteiger partial charge in [0.15, 0.2) is 0 Å². The summed E-state index contributed by atoms with van der Waals surface area (Å²) in [5, 5.41) is 5.44. The van der Waals surface area contributed by atoms with Crippen molar-refractivity contribution >= 4 is 78.9 Å². The van der Waals surface area contributed by atoms with Crippen LogP contribution in [0, 0.1) is 0 Å². The van der Waals surface area contributed by atoms with Gasteiger partial charge in [-0.15, -0.1) is 0 Å². The van der Waals surface area contributed by atoms with E-state index in [9.17, 15) is 9.59 Å². The summed E-state index contributed by atoms with van der Waals surface area (Å²) in [5.74, 6) is 1.59. The van der Waals surface area contributed by atoms with E-state index in [1.54, 1.807) is 18.2 Å². The number of furan rings is 2. The van der Waals surface area contributed by atoms with Gasteiger partial charge in [0.25, 0.3) is 0 Å². The third-order valence-electron chi connectivity index (χ3n) is 13.7. The standard InChI is InChI=1S/C35H35NO2.C20H27N.C15H9BrO2/c1-34(2,3)27-11-17-30(18-12-27)36(31-19-13-28(14-20-31)35(4,5)6)29-15-9-25(10-16-29)33-22-26-8-7-24(23-37)21-32(26)38-33;1-19(2,3)15-7-11-17(12-8-15)21-18-13-9-16(10-14-18)20(4,5)6;16-13-5-3-11(4-6-13)15-8-12-2-1-10(9-17)7-14(12)18-15/h7-23H,1-6H3;7-14,21H,1-6H3;1-9H. The van der Waals surface area contributed by atoms with Gasteiger partial charge in [-0.05, 0) is 153 Å². The van der Waals surface area contributed by atoms with Crippen LogP contribution in [0.1, 0.15) is 126 Å². The number of nitrogens with zero attached hydrogens (tertiary/aromatic N) is 1. The van der Waals surface area contributed by atoms with Crippen LogP contribution in [-0.4, -0.2) is 12.6 Å². The molecule has 0 saturated carbocycles. The zero-order valence-corrected chi connectivity index (χ0v) is 48.2.